The van der Waals surface area contributed by atoms with Crippen LogP contribution < -0.4 is 10.6 Å². The molecule has 0 aromatic carbocycles. The number of nitrogens with one attached hydrogen (secondary N) is 2. The van der Waals surface area contributed by atoms with E-state index in [4.69, 9.17) is 4.74 Å². The third kappa shape index (κ3) is 2.32. The second-order valence-electron chi connectivity index (χ2n) is 5.96. The van der Waals surface area contributed by atoms with Crippen LogP contribution >= 0.6 is 0 Å². The molecule has 2 unspecified atom stereocenters. The lowest BCUT2D eigenvalue weighted by molar-refractivity contribution is 0.0467. The van der Waals surface area contributed by atoms with Crippen LogP contribution in [0.3, 0.4) is 0 Å². The number of amides is 1. The summed E-state index contributed by atoms with van der Waals surface area (Å²) in [6.07, 6.45) is 3.41. The van der Waals surface area contributed by atoms with Crippen molar-refractivity contribution in [3.8, 4) is 0 Å². The van der Waals surface area contributed by atoms with Gasteiger partial charge < -0.3 is 15.4 Å². The maximum absolute atomic E-state index is 11.5. The lowest BCUT2D eigenvalue weighted by Gasteiger charge is -2.45. The maximum Gasteiger partial charge on any atom is 0.407 e. The predicted molar refractivity (Wildman–Crippen MR) is 62.3 cm³/mol. The molecule has 0 aromatic rings. The largest absolute Gasteiger partial charge is 0.444 e. The minimum Gasteiger partial charge on any atom is -0.444 e. The summed E-state index contributed by atoms with van der Waals surface area (Å²) in [5.41, 5.74) is -0.235. The highest BCUT2D eigenvalue weighted by Gasteiger charge is 2.49. The van der Waals surface area contributed by atoms with Crippen molar-refractivity contribution >= 4 is 6.09 Å². The molecule has 0 spiro atoms. The Hall–Kier alpha value is -0.770. The summed E-state index contributed by atoms with van der Waals surface area (Å²) >= 11 is 0. The van der Waals surface area contributed by atoms with E-state index < -0.39 is 5.60 Å². The molecular weight excluding hydrogens is 204 g/mol. The van der Waals surface area contributed by atoms with Gasteiger partial charge in [-0.25, -0.2) is 4.79 Å². The minimum absolute atomic E-state index is 0.177. The number of carbonyl (C=O) groups is 1. The van der Waals surface area contributed by atoms with Crippen molar-refractivity contribution in [1.29, 1.82) is 0 Å². The number of carbonyl (C=O) groups excluding carboxylic acids is 1. The summed E-state index contributed by atoms with van der Waals surface area (Å²) in [6.45, 7) is 7.42. The highest BCUT2D eigenvalue weighted by atomic mass is 16.6. The van der Waals surface area contributed by atoms with Crippen LogP contribution in [0.5, 0.6) is 0 Å². The molecule has 1 saturated heterocycles. The van der Waals surface area contributed by atoms with Crippen molar-refractivity contribution < 1.29 is 9.53 Å². The van der Waals surface area contributed by atoms with Crippen molar-refractivity contribution in [1.82, 2.24) is 10.6 Å². The summed E-state index contributed by atoms with van der Waals surface area (Å²) in [6, 6.07) is 0. The number of alkyl carbamates (subject to hydrolysis) is 1. The maximum atomic E-state index is 11.5. The molecule has 4 heteroatoms. The van der Waals surface area contributed by atoms with E-state index in [1.165, 1.54) is 19.3 Å². The second-order valence-corrected chi connectivity index (χ2v) is 5.96. The molecule has 2 aliphatic rings. The fraction of sp³-hybridized carbons (Fsp3) is 0.917. The van der Waals surface area contributed by atoms with Crippen LogP contribution in [0.2, 0.25) is 0 Å². The number of rotatable bonds is 2. The average molecular weight is 226 g/mol. The van der Waals surface area contributed by atoms with E-state index in [-0.39, 0.29) is 11.6 Å². The van der Waals surface area contributed by atoms with Crippen LogP contribution in [0.25, 0.3) is 0 Å². The van der Waals surface area contributed by atoms with Crippen molar-refractivity contribution in [2.45, 2.75) is 51.2 Å². The third-order valence-corrected chi connectivity index (χ3v) is 3.64. The summed E-state index contributed by atoms with van der Waals surface area (Å²) in [4.78, 5) is 11.5. The molecule has 1 aliphatic carbocycles. The summed E-state index contributed by atoms with van der Waals surface area (Å²) in [5.74, 6) is 0.752. The molecule has 0 bridgehead atoms. The van der Waals surface area contributed by atoms with E-state index in [0.717, 1.165) is 12.5 Å². The summed E-state index contributed by atoms with van der Waals surface area (Å²) in [5, 5.41) is 6.40. The van der Waals surface area contributed by atoms with E-state index in [1.54, 1.807) is 0 Å². The molecule has 2 N–H and O–H groups in total. The lowest BCUT2D eigenvalue weighted by atomic mass is 9.68. The van der Waals surface area contributed by atoms with Crippen LogP contribution in [0.15, 0.2) is 0 Å². The Labute approximate surface area is 97.1 Å². The van der Waals surface area contributed by atoms with Crippen molar-refractivity contribution in [2.24, 2.45) is 5.92 Å². The van der Waals surface area contributed by atoms with Gasteiger partial charge in [0, 0.05) is 12.1 Å². The number of hydrogen-bond acceptors (Lipinski definition) is 3. The SMILES string of the molecule is CC(C)(C)OC(=O)NCC12CCC1CCN2. The van der Waals surface area contributed by atoms with E-state index >= 15 is 0 Å². The Balaban J connectivity index is 1.77. The van der Waals surface area contributed by atoms with Gasteiger partial charge in [-0.2, -0.15) is 0 Å². The topological polar surface area (TPSA) is 50.4 Å². The summed E-state index contributed by atoms with van der Waals surface area (Å²) < 4.78 is 5.22. The predicted octanol–water partition coefficient (Wildman–Crippen LogP) is 1.65. The zero-order valence-electron chi connectivity index (χ0n) is 10.4. The van der Waals surface area contributed by atoms with Gasteiger partial charge in [0.25, 0.3) is 0 Å². The van der Waals surface area contributed by atoms with Crippen LogP contribution in [0.4, 0.5) is 4.79 Å². The van der Waals surface area contributed by atoms with Crippen molar-refractivity contribution in [2.75, 3.05) is 13.1 Å². The molecular formula is C12H22N2O2. The van der Waals surface area contributed by atoms with Gasteiger partial charge in [0.15, 0.2) is 0 Å². The molecule has 4 nitrogen and oxygen atoms in total. The van der Waals surface area contributed by atoms with Crippen LogP contribution in [-0.2, 0) is 4.74 Å². The van der Waals surface area contributed by atoms with Gasteiger partial charge in [-0.05, 0) is 52.5 Å². The van der Waals surface area contributed by atoms with Crippen LogP contribution in [0, 0.1) is 5.92 Å². The van der Waals surface area contributed by atoms with Gasteiger partial charge >= 0.3 is 6.09 Å². The highest BCUT2D eigenvalue weighted by Crippen LogP contribution is 2.43. The Morgan fingerprint density at radius 1 is 1.50 bits per heavy atom. The lowest BCUT2D eigenvalue weighted by Crippen LogP contribution is -2.59. The molecule has 16 heavy (non-hydrogen) atoms. The van der Waals surface area contributed by atoms with Gasteiger partial charge in [0.1, 0.15) is 5.60 Å². The first-order valence-corrected chi connectivity index (χ1v) is 6.13. The second kappa shape index (κ2) is 3.91. The standard InChI is InChI=1S/C12H22N2O2/c1-11(2,3)16-10(15)13-8-12-6-4-9(12)5-7-14-12/h9,14H,4-8H2,1-3H3,(H,13,15). The Kier molecular flexibility index (Phi) is 2.86. The minimum atomic E-state index is -0.413. The van der Waals surface area contributed by atoms with E-state index in [1.807, 2.05) is 20.8 Å². The average Bonchev–Trinajstić information content (AvgIpc) is 2.37. The van der Waals surface area contributed by atoms with Gasteiger partial charge in [-0.1, -0.05) is 0 Å². The monoisotopic (exact) mass is 226 g/mol. The van der Waals surface area contributed by atoms with Gasteiger partial charge in [-0.3, -0.25) is 0 Å². The smallest absolute Gasteiger partial charge is 0.407 e. The zero-order chi connectivity index (χ0) is 11.8. The molecule has 2 atom stereocenters. The molecule has 1 aliphatic heterocycles. The molecule has 2 fully saturated rings. The normalized spacial score (nSPS) is 32.8. The quantitative estimate of drug-likeness (QED) is 0.753. The fourth-order valence-corrected chi connectivity index (χ4v) is 2.68. The summed E-state index contributed by atoms with van der Waals surface area (Å²) in [7, 11) is 0. The Morgan fingerprint density at radius 3 is 2.75 bits per heavy atom. The van der Waals surface area contributed by atoms with Crippen molar-refractivity contribution in [3.05, 3.63) is 0 Å². The van der Waals surface area contributed by atoms with E-state index in [0.29, 0.717) is 6.54 Å². The molecule has 0 aromatic heterocycles. The first-order chi connectivity index (χ1) is 7.41. The molecule has 1 amide bonds. The first kappa shape index (κ1) is 11.7. The van der Waals surface area contributed by atoms with Gasteiger partial charge in [-0.15, -0.1) is 0 Å². The molecule has 1 saturated carbocycles. The van der Waals surface area contributed by atoms with E-state index in [9.17, 15) is 4.79 Å². The van der Waals surface area contributed by atoms with Crippen LogP contribution in [0.1, 0.15) is 40.0 Å². The molecule has 2 rings (SSSR count). The van der Waals surface area contributed by atoms with E-state index in [2.05, 4.69) is 10.6 Å². The first-order valence-electron chi connectivity index (χ1n) is 6.13. The Morgan fingerprint density at radius 2 is 2.25 bits per heavy atom. The third-order valence-electron chi connectivity index (χ3n) is 3.64. The number of ether oxygens (including phenoxy) is 1. The van der Waals surface area contributed by atoms with Gasteiger partial charge in [0.05, 0.1) is 0 Å². The number of fused-ring (bicyclic) bond motifs is 1. The number of hydrogen-bond donors (Lipinski definition) is 2. The van der Waals surface area contributed by atoms with Crippen molar-refractivity contribution in [3.63, 3.8) is 0 Å². The highest BCUT2D eigenvalue weighted by molar-refractivity contribution is 5.67. The molecule has 0 radical (unpaired) electrons. The Bertz CT molecular complexity index is 285. The fourth-order valence-electron chi connectivity index (χ4n) is 2.68. The molecule has 92 valence electrons. The molecule has 1 heterocycles. The zero-order valence-corrected chi connectivity index (χ0v) is 10.4. The van der Waals surface area contributed by atoms with Crippen LogP contribution in [-0.4, -0.2) is 30.3 Å². The van der Waals surface area contributed by atoms with Gasteiger partial charge in [0.2, 0.25) is 0 Å².